The number of aromatic nitrogens is 1. The van der Waals surface area contributed by atoms with Crippen LogP contribution in [-0.2, 0) is 4.74 Å². The predicted molar refractivity (Wildman–Crippen MR) is 96.1 cm³/mol. The van der Waals surface area contributed by atoms with E-state index in [0.29, 0.717) is 18.7 Å². The minimum Gasteiger partial charge on any atom is -0.383 e. The standard InChI is InChI=1S/C20H20N2O2/c1-14-7-9-15(10-8-14)19-13-17(20(23)21-11-12-24-2)16-5-3-4-6-18(16)22-19/h3-10,13H,11-12H2,1-2H3,(H,21,23). The van der Waals surface area contributed by atoms with Gasteiger partial charge in [0.2, 0.25) is 0 Å². The molecule has 4 heteroatoms. The van der Waals surface area contributed by atoms with Crippen LogP contribution in [0.2, 0.25) is 0 Å². The maximum atomic E-state index is 12.6. The van der Waals surface area contributed by atoms with Crippen LogP contribution >= 0.6 is 0 Å². The van der Waals surface area contributed by atoms with E-state index in [4.69, 9.17) is 9.72 Å². The summed E-state index contributed by atoms with van der Waals surface area (Å²) in [4.78, 5) is 17.3. The first kappa shape index (κ1) is 16.1. The third kappa shape index (κ3) is 3.44. The molecule has 0 spiro atoms. The van der Waals surface area contributed by atoms with Crippen LogP contribution in [0.15, 0.2) is 54.6 Å². The van der Waals surface area contributed by atoms with Crippen LogP contribution in [-0.4, -0.2) is 31.2 Å². The van der Waals surface area contributed by atoms with Gasteiger partial charge in [-0.15, -0.1) is 0 Å². The van der Waals surface area contributed by atoms with Gasteiger partial charge in [-0.2, -0.15) is 0 Å². The van der Waals surface area contributed by atoms with Crippen LogP contribution in [0.25, 0.3) is 22.2 Å². The Kier molecular flexibility index (Phi) is 4.87. The summed E-state index contributed by atoms with van der Waals surface area (Å²) in [6, 6.07) is 17.7. The fourth-order valence-corrected chi connectivity index (χ4v) is 2.60. The molecule has 2 aromatic carbocycles. The van der Waals surface area contributed by atoms with Gasteiger partial charge >= 0.3 is 0 Å². The molecule has 0 saturated heterocycles. The third-order valence-electron chi connectivity index (χ3n) is 3.90. The van der Waals surface area contributed by atoms with E-state index in [0.717, 1.165) is 22.2 Å². The van der Waals surface area contributed by atoms with Crippen molar-refractivity contribution >= 4 is 16.8 Å². The van der Waals surface area contributed by atoms with Gasteiger partial charge < -0.3 is 10.1 Å². The van der Waals surface area contributed by atoms with Crippen molar-refractivity contribution in [3.63, 3.8) is 0 Å². The highest BCUT2D eigenvalue weighted by Gasteiger charge is 2.13. The van der Waals surface area contributed by atoms with Crippen molar-refractivity contribution in [2.24, 2.45) is 0 Å². The Labute approximate surface area is 141 Å². The maximum absolute atomic E-state index is 12.6. The number of amides is 1. The van der Waals surface area contributed by atoms with Crippen LogP contribution in [0.5, 0.6) is 0 Å². The van der Waals surface area contributed by atoms with Gasteiger partial charge in [-0.1, -0.05) is 48.0 Å². The zero-order valence-corrected chi connectivity index (χ0v) is 13.9. The summed E-state index contributed by atoms with van der Waals surface area (Å²) in [7, 11) is 1.61. The highest BCUT2D eigenvalue weighted by molar-refractivity contribution is 6.07. The van der Waals surface area contributed by atoms with Gasteiger partial charge in [0.1, 0.15) is 0 Å². The molecule has 4 nitrogen and oxygen atoms in total. The minimum atomic E-state index is -0.112. The number of ether oxygens (including phenoxy) is 1. The first-order valence-electron chi connectivity index (χ1n) is 7.93. The quantitative estimate of drug-likeness (QED) is 0.731. The summed E-state index contributed by atoms with van der Waals surface area (Å²) < 4.78 is 4.99. The average molecular weight is 320 g/mol. The SMILES string of the molecule is COCCNC(=O)c1cc(-c2ccc(C)cc2)nc2ccccc12. The van der Waals surface area contributed by atoms with E-state index in [1.165, 1.54) is 5.56 Å². The molecule has 0 fully saturated rings. The van der Waals surface area contributed by atoms with Gasteiger partial charge in [0.25, 0.3) is 5.91 Å². The van der Waals surface area contributed by atoms with E-state index in [-0.39, 0.29) is 5.91 Å². The van der Waals surface area contributed by atoms with Crippen molar-refractivity contribution in [2.75, 3.05) is 20.3 Å². The molecule has 0 unspecified atom stereocenters. The number of nitrogens with one attached hydrogen (secondary N) is 1. The Morgan fingerprint density at radius 3 is 2.62 bits per heavy atom. The summed E-state index contributed by atoms with van der Waals surface area (Å²) in [6.07, 6.45) is 0. The largest absolute Gasteiger partial charge is 0.383 e. The number of nitrogens with zero attached hydrogens (tertiary/aromatic N) is 1. The molecule has 1 heterocycles. The zero-order chi connectivity index (χ0) is 16.9. The third-order valence-corrected chi connectivity index (χ3v) is 3.90. The van der Waals surface area contributed by atoms with Crippen molar-refractivity contribution in [1.29, 1.82) is 0 Å². The van der Waals surface area contributed by atoms with Crippen LogP contribution in [0.3, 0.4) is 0 Å². The second-order valence-corrected chi connectivity index (χ2v) is 5.69. The molecular weight excluding hydrogens is 300 g/mol. The molecule has 0 aliphatic rings. The van der Waals surface area contributed by atoms with Crippen molar-refractivity contribution in [3.05, 3.63) is 65.7 Å². The first-order valence-corrected chi connectivity index (χ1v) is 7.93. The average Bonchev–Trinajstić information content (AvgIpc) is 2.61. The van der Waals surface area contributed by atoms with Gasteiger partial charge in [0, 0.05) is 24.6 Å². The number of carbonyl (C=O) groups is 1. The van der Waals surface area contributed by atoms with Crippen molar-refractivity contribution in [2.45, 2.75) is 6.92 Å². The van der Waals surface area contributed by atoms with Crippen LogP contribution < -0.4 is 5.32 Å². The molecule has 3 rings (SSSR count). The van der Waals surface area contributed by atoms with E-state index >= 15 is 0 Å². The number of hydrogen-bond donors (Lipinski definition) is 1. The lowest BCUT2D eigenvalue weighted by atomic mass is 10.0. The maximum Gasteiger partial charge on any atom is 0.252 e. The Morgan fingerprint density at radius 1 is 1.12 bits per heavy atom. The second kappa shape index (κ2) is 7.23. The van der Waals surface area contributed by atoms with Gasteiger partial charge in [-0.25, -0.2) is 4.98 Å². The highest BCUT2D eigenvalue weighted by Crippen LogP contribution is 2.25. The highest BCUT2D eigenvalue weighted by atomic mass is 16.5. The molecule has 1 amide bonds. The number of para-hydroxylation sites is 1. The lowest BCUT2D eigenvalue weighted by molar-refractivity contribution is 0.0938. The molecule has 0 aliphatic carbocycles. The normalized spacial score (nSPS) is 10.8. The Bertz CT molecular complexity index is 857. The van der Waals surface area contributed by atoms with Crippen LogP contribution in [0.4, 0.5) is 0 Å². The molecule has 0 bridgehead atoms. The van der Waals surface area contributed by atoms with E-state index in [9.17, 15) is 4.79 Å². The summed E-state index contributed by atoms with van der Waals surface area (Å²) >= 11 is 0. The Hall–Kier alpha value is -2.72. The molecule has 1 N–H and O–H groups in total. The lowest BCUT2D eigenvalue weighted by Gasteiger charge is -2.10. The first-order chi connectivity index (χ1) is 11.7. The second-order valence-electron chi connectivity index (χ2n) is 5.69. The number of hydrogen-bond acceptors (Lipinski definition) is 3. The number of rotatable bonds is 5. The number of pyridine rings is 1. The summed E-state index contributed by atoms with van der Waals surface area (Å²) in [6.45, 7) is 3.01. The fourth-order valence-electron chi connectivity index (χ4n) is 2.60. The van der Waals surface area contributed by atoms with Crippen molar-refractivity contribution in [3.8, 4) is 11.3 Å². The number of aryl methyl sites for hydroxylation is 1. The topological polar surface area (TPSA) is 51.2 Å². The number of fused-ring (bicyclic) bond motifs is 1. The summed E-state index contributed by atoms with van der Waals surface area (Å²) in [5, 5.41) is 3.74. The molecule has 3 aromatic rings. The fraction of sp³-hybridized carbons (Fsp3) is 0.200. The van der Waals surface area contributed by atoms with Gasteiger partial charge in [0.15, 0.2) is 0 Å². The molecule has 122 valence electrons. The van der Waals surface area contributed by atoms with E-state index < -0.39 is 0 Å². The van der Waals surface area contributed by atoms with E-state index in [1.807, 2.05) is 61.5 Å². The number of carbonyl (C=O) groups excluding carboxylic acids is 1. The van der Waals surface area contributed by atoms with Crippen molar-refractivity contribution in [1.82, 2.24) is 10.3 Å². The monoisotopic (exact) mass is 320 g/mol. The minimum absolute atomic E-state index is 0.112. The van der Waals surface area contributed by atoms with Gasteiger partial charge in [0.05, 0.1) is 23.4 Å². The van der Waals surface area contributed by atoms with Crippen LogP contribution in [0.1, 0.15) is 15.9 Å². The van der Waals surface area contributed by atoms with Gasteiger partial charge in [-0.3, -0.25) is 4.79 Å². The molecule has 0 radical (unpaired) electrons. The molecular formula is C20H20N2O2. The molecule has 0 atom stereocenters. The summed E-state index contributed by atoms with van der Waals surface area (Å²) in [5.41, 5.74) is 4.43. The molecule has 0 aliphatic heterocycles. The molecule has 1 aromatic heterocycles. The lowest BCUT2D eigenvalue weighted by Crippen LogP contribution is -2.27. The van der Waals surface area contributed by atoms with Crippen molar-refractivity contribution < 1.29 is 9.53 Å². The van der Waals surface area contributed by atoms with Crippen LogP contribution in [0, 0.1) is 6.92 Å². The Morgan fingerprint density at radius 2 is 1.88 bits per heavy atom. The molecule has 0 saturated carbocycles. The zero-order valence-electron chi connectivity index (χ0n) is 13.9. The predicted octanol–water partition coefficient (Wildman–Crippen LogP) is 3.59. The summed E-state index contributed by atoms with van der Waals surface area (Å²) in [5.74, 6) is -0.112. The smallest absolute Gasteiger partial charge is 0.252 e. The number of benzene rings is 2. The van der Waals surface area contributed by atoms with Gasteiger partial charge in [-0.05, 0) is 19.1 Å². The molecule has 24 heavy (non-hydrogen) atoms. The number of methoxy groups -OCH3 is 1. The van der Waals surface area contributed by atoms with E-state index in [1.54, 1.807) is 7.11 Å². The Balaban J connectivity index is 2.05. The van der Waals surface area contributed by atoms with E-state index in [2.05, 4.69) is 5.32 Å².